The lowest BCUT2D eigenvalue weighted by Crippen LogP contribution is -2.37. The number of aromatic nitrogens is 3. The first-order chi connectivity index (χ1) is 14.8. The maximum atomic E-state index is 5.45. The van der Waals surface area contributed by atoms with Gasteiger partial charge >= 0.3 is 0 Å². The highest BCUT2D eigenvalue weighted by molar-refractivity contribution is 7.19. The predicted molar refractivity (Wildman–Crippen MR) is 122 cm³/mol. The molecule has 0 amide bonds. The first-order valence-electron chi connectivity index (χ1n) is 11.0. The molecule has 158 valence electrons. The number of anilines is 1. The number of ether oxygens (including phenoxy) is 1. The van der Waals surface area contributed by atoms with Crippen molar-refractivity contribution in [1.29, 1.82) is 0 Å². The van der Waals surface area contributed by atoms with Crippen molar-refractivity contribution in [1.82, 2.24) is 19.9 Å². The van der Waals surface area contributed by atoms with Gasteiger partial charge in [-0.3, -0.25) is 9.88 Å². The third-order valence-corrected chi connectivity index (χ3v) is 7.27. The highest BCUT2D eigenvalue weighted by atomic mass is 32.1. The summed E-state index contributed by atoms with van der Waals surface area (Å²) in [5, 5.41) is 4.91. The third kappa shape index (κ3) is 4.19. The van der Waals surface area contributed by atoms with Crippen molar-refractivity contribution in [3.05, 3.63) is 35.0 Å². The van der Waals surface area contributed by atoms with E-state index in [1.165, 1.54) is 22.2 Å². The Morgan fingerprint density at radius 3 is 3.00 bits per heavy atom. The van der Waals surface area contributed by atoms with E-state index >= 15 is 0 Å². The lowest BCUT2D eigenvalue weighted by Gasteiger charge is -2.26. The van der Waals surface area contributed by atoms with E-state index in [0.29, 0.717) is 0 Å². The SMILES string of the molecule is C[C@@H]1CCc2c(sc3nc(-c4cccnc4)nc(NCCCN4CCOCC4)c23)C1. The zero-order valence-corrected chi connectivity index (χ0v) is 18.4. The summed E-state index contributed by atoms with van der Waals surface area (Å²) in [6.07, 6.45) is 8.28. The van der Waals surface area contributed by atoms with Crippen LogP contribution in [-0.2, 0) is 17.6 Å². The van der Waals surface area contributed by atoms with Gasteiger partial charge in [0, 0.05) is 42.5 Å². The van der Waals surface area contributed by atoms with Gasteiger partial charge in [0.05, 0.1) is 18.6 Å². The molecular formula is C23H29N5OS. The molecular weight excluding hydrogens is 394 g/mol. The van der Waals surface area contributed by atoms with E-state index in [-0.39, 0.29) is 0 Å². The predicted octanol–water partition coefficient (Wildman–Crippen LogP) is 4.01. The molecule has 1 N–H and O–H groups in total. The van der Waals surface area contributed by atoms with E-state index in [1.807, 2.05) is 29.7 Å². The van der Waals surface area contributed by atoms with Crippen molar-refractivity contribution in [2.24, 2.45) is 5.92 Å². The van der Waals surface area contributed by atoms with Gasteiger partial charge in [0.25, 0.3) is 0 Å². The van der Waals surface area contributed by atoms with Crippen LogP contribution >= 0.6 is 11.3 Å². The van der Waals surface area contributed by atoms with Crippen molar-refractivity contribution in [2.75, 3.05) is 44.7 Å². The minimum atomic E-state index is 0.751. The minimum absolute atomic E-state index is 0.751. The summed E-state index contributed by atoms with van der Waals surface area (Å²) in [6, 6.07) is 3.98. The van der Waals surface area contributed by atoms with Crippen LogP contribution < -0.4 is 5.32 Å². The number of hydrogen-bond acceptors (Lipinski definition) is 7. The molecule has 1 saturated heterocycles. The number of morpholine rings is 1. The lowest BCUT2D eigenvalue weighted by molar-refractivity contribution is 0.0378. The van der Waals surface area contributed by atoms with Crippen molar-refractivity contribution >= 4 is 27.4 Å². The normalized spacial score (nSPS) is 19.7. The molecule has 0 bridgehead atoms. The highest BCUT2D eigenvalue weighted by Crippen LogP contribution is 2.40. The molecule has 0 aromatic carbocycles. The Hall–Kier alpha value is -2.09. The van der Waals surface area contributed by atoms with Gasteiger partial charge in [0.2, 0.25) is 0 Å². The quantitative estimate of drug-likeness (QED) is 0.605. The molecule has 0 spiro atoms. The Kier molecular flexibility index (Phi) is 5.93. The molecule has 30 heavy (non-hydrogen) atoms. The molecule has 0 radical (unpaired) electrons. The monoisotopic (exact) mass is 423 g/mol. The summed E-state index contributed by atoms with van der Waals surface area (Å²) in [5.41, 5.74) is 2.44. The Bertz CT molecular complexity index is 1000. The van der Waals surface area contributed by atoms with E-state index in [1.54, 1.807) is 6.20 Å². The summed E-state index contributed by atoms with van der Waals surface area (Å²) in [5.74, 6) is 2.51. The number of rotatable bonds is 6. The van der Waals surface area contributed by atoms with E-state index in [2.05, 4.69) is 22.1 Å². The second-order valence-corrected chi connectivity index (χ2v) is 9.49. The Labute approximate surface area is 181 Å². The number of hydrogen-bond donors (Lipinski definition) is 1. The molecule has 3 aromatic heterocycles. The van der Waals surface area contributed by atoms with Gasteiger partial charge in [-0.2, -0.15) is 0 Å². The summed E-state index contributed by atoms with van der Waals surface area (Å²) in [6.45, 7) is 8.15. The van der Waals surface area contributed by atoms with Gasteiger partial charge in [-0.05, 0) is 55.8 Å². The topological polar surface area (TPSA) is 63.2 Å². The van der Waals surface area contributed by atoms with Crippen LogP contribution in [0, 0.1) is 5.92 Å². The summed E-state index contributed by atoms with van der Waals surface area (Å²) >= 11 is 1.85. The number of aryl methyl sites for hydroxylation is 1. The van der Waals surface area contributed by atoms with Gasteiger partial charge in [-0.25, -0.2) is 9.97 Å². The molecule has 0 unspecified atom stereocenters. The van der Waals surface area contributed by atoms with Crippen LogP contribution in [0.15, 0.2) is 24.5 Å². The van der Waals surface area contributed by atoms with E-state index < -0.39 is 0 Å². The number of fused-ring (bicyclic) bond motifs is 3. The van der Waals surface area contributed by atoms with Gasteiger partial charge in [-0.1, -0.05) is 6.92 Å². The number of thiophene rings is 1. The first-order valence-corrected chi connectivity index (χ1v) is 11.9. The smallest absolute Gasteiger partial charge is 0.164 e. The fraction of sp³-hybridized carbons (Fsp3) is 0.522. The average molecular weight is 424 g/mol. The third-order valence-electron chi connectivity index (χ3n) is 6.12. The molecule has 7 heteroatoms. The van der Waals surface area contributed by atoms with Crippen LogP contribution in [0.5, 0.6) is 0 Å². The van der Waals surface area contributed by atoms with Crippen LogP contribution in [-0.4, -0.2) is 59.2 Å². The molecule has 5 rings (SSSR count). The van der Waals surface area contributed by atoms with Crippen molar-refractivity contribution in [3.63, 3.8) is 0 Å². The molecule has 6 nitrogen and oxygen atoms in total. The van der Waals surface area contributed by atoms with Crippen molar-refractivity contribution in [2.45, 2.75) is 32.6 Å². The Morgan fingerprint density at radius 2 is 2.17 bits per heavy atom. The van der Waals surface area contributed by atoms with Gasteiger partial charge in [-0.15, -0.1) is 11.3 Å². The summed E-state index contributed by atoms with van der Waals surface area (Å²) < 4.78 is 5.45. The second kappa shape index (κ2) is 8.96. The molecule has 4 heterocycles. The van der Waals surface area contributed by atoms with E-state index in [4.69, 9.17) is 14.7 Å². The summed E-state index contributed by atoms with van der Waals surface area (Å²) in [4.78, 5) is 19.3. The Balaban J connectivity index is 1.42. The largest absolute Gasteiger partial charge is 0.379 e. The zero-order chi connectivity index (χ0) is 20.3. The van der Waals surface area contributed by atoms with Crippen molar-refractivity contribution in [3.8, 4) is 11.4 Å². The van der Waals surface area contributed by atoms with Crippen molar-refractivity contribution < 1.29 is 4.74 Å². The molecule has 3 aromatic rings. The summed E-state index contributed by atoms with van der Waals surface area (Å²) in [7, 11) is 0. The Morgan fingerprint density at radius 1 is 1.27 bits per heavy atom. The molecule has 1 aliphatic heterocycles. The molecule has 1 atom stereocenters. The number of nitrogens with one attached hydrogen (secondary N) is 1. The fourth-order valence-electron chi connectivity index (χ4n) is 4.43. The minimum Gasteiger partial charge on any atom is -0.379 e. The lowest BCUT2D eigenvalue weighted by atomic mass is 9.89. The number of pyridine rings is 1. The first kappa shape index (κ1) is 19.8. The molecule has 2 aliphatic rings. The van der Waals surface area contributed by atoms with Crippen LogP contribution in [0.1, 0.15) is 30.2 Å². The standard InChI is InChI=1S/C23H29N5OS/c1-16-5-6-18-19(14-16)30-23-20(18)22(25-8-3-9-28-10-12-29-13-11-28)26-21(27-23)17-4-2-7-24-15-17/h2,4,7,15-16H,3,5-6,8-14H2,1H3,(H,25,26,27)/t16-/m1/s1. The maximum Gasteiger partial charge on any atom is 0.164 e. The van der Waals surface area contributed by atoms with Crippen LogP contribution in [0.2, 0.25) is 0 Å². The van der Waals surface area contributed by atoms with Crippen LogP contribution in [0.3, 0.4) is 0 Å². The van der Waals surface area contributed by atoms with Gasteiger partial charge < -0.3 is 10.1 Å². The average Bonchev–Trinajstić information content (AvgIpc) is 3.15. The highest BCUT2D eigenvalue weighted by Gasteiger charge is 2.24. The molecule has 1 aliphatic carbocycles. The second-order valence-electron chi connectivity index (χ2n) is 8.40. The maximum absolute atomic E-state index is 5.45. The zero-order valence-electron chi connectivity index (χ0n) is 17.6. The molecule has 0 saturated carbocycles. The fourth-order valence-corrected chi connectivity index (χ4v) is 5.81. The van der Waals surface area contributed by atoms with Crippen LogP contribution in [0.25, 0.3) is 21.6 Å². The van der Waals surface area contributed by atoms with E-state index in [0.717, 1.165) is 86.6 Å². The van der Waals surface area contributed by atoms with Gasteiger partial charge in [0.1, 0.15) is 10.6 Å². The number of nitrogens with zero attached hydrogens (tertiary/aromatic N) is 4. The van der Waals surface area contributed by atoms with Crippen LogP contribution in [0.4, 0.5) is 5.82 Å². The van der Waals surface area contributed by atoms with Gasteiger partial charge in [0.15, 0.2) is 5.82 Å². The molecule has 1 fully saturated rings. The van der Waals surface area contributed by atoms with E-state index in [9.17, 15) is 0 Å².